The molecule has 0 unspecified atom stereocenters. The van der Waals surface area contributed by atoms with Gasteiger partial charge in [-0.2, -0.15) is 5.10 Å². The largest absolute Gasteiger partial charge is 0.302 e. The SMILES string of the molecule is Cc1ccccc1-c1csc(NC(=O)CCc2c(C)nn(C)c2C)n1. The summed E-state index contributed by atoms with van der Waals surface area (Å²) in [5, 5.41) is 9.92. The van der Waals surface area contributed by atoms with Gasteiger partial charge in [0, 0.05) is 30.1 Å². The molecule has 2 aromatic heterocycles. The third kappa shape index (κ3) is 3.79. The van der Waals surface area contributed by atoms with Gasteiger partial charge in [-0.1, -0.05) is 24.3 Å². The first kappa shape index (κ1) is 17.4. The summed E-state index contributed by atoms with van der Waals surface area (Å²) in [5.74, 6) is -0.0201. The van der Waals surface area contributed by atoms with E-state index in [0.29, 0.717) is 18.0 Å². The molecule has 1 amide bonds. The molecule has 0 aliphatic carbocycles. The first-order valence-electron chi connectivity index (χ1n) is 8.26. The number of benzene rings is 1. The zero-order valence-electron chi connectivity index (χ0n) is 15.0. The Kier molecular flexibility index (Phi) is 4.99. The van der Waals surface area contributed by atoms with Crippen molar-refractivity contribution in [2.45, 2.75) is 33.6 Å². The Morgan fingerprint density at radius 1 is 1.24 bits per heavy atom. The zero-order valence-corrected chi connectivity index (χ0v) is 15.8. The summed E-state index contributed by atoms with van der Waals surface area (Å²) >= 11 is 1.45. The molecule has 0 atom stereocenters. The molecule has 6 heteroatoms. The molecule has 1 N–H and O–H groups in total. The number of hydrogen-bond acceptors (Lipinski definition) is 4. The molecular formula is C19H22N4OS. The molecule has 1 aromatic carbocycles. The second kappa shape index (κ2) is 7.19. The Morgan fingerprint density at radius 2 is 2.00 bits per heavy atom. The van der Waals surface area contributed by atoms with E-state index in [4.69, 9.17) is 0 Å². The van der Waals surface area contributed by atoms with Crippen molar-refractivity contribution in [3.8, 4) is 11.3 Å². The van der Waals surface area contributed by atoms with Gasteiger partial charge in [-0.3, -0.25) is 9.48 Å². The molecule has 5 nitrogen and oxygen atoms in total. The highest BCUT2D eigenvalue weighted by Crippen LogP contribution is 2.27. The Hall–Kier alpha value is -2.47. The highest BCUT2D eigenvalue weighted by molar-refractivity contribution is 7.14. The second-order valence-electron chi connectivity index (χ2n) is 6.17. The lowest BCUT2D eigenvalue weighted by Crippen LogP contribution is -2.12. The summed E-state index contributed by atoms with van der Waals surface area (Å²) in [7, 11) is 1.93. The number of aryl methyl sites for hydroxylation is 3. The van der Waals surface area contributed by atoms with Crippen LogP contribution in [0.4, 0.5) is 5.13 Å². The van der Waals surface area contributed by atoms with E-state index in [1.54, 1.807) is 0 Å². The van der Waals surface area contributed by atoms with Crippen molar-refractivity contribution in [1.82, 2.24) is 14.8 Å². The number of carbonyl (C=O) groups is 1. The Balaban J connectivity index is 1.63. The molecule has 0 radical (unpaired) electrons. The van der Waals surface area contributed by atoms with Crippen LogP contribution in [0, 0.1) is 20.8 Å². The number of rotatable bonds is 5. The Bertz CT molecular complexity index is 910. The van der Waals surface area contributed by atoms with Gasteiger partial charge in [0.25, 0.3) is 0 Å². The number of hydrogen-bond donors (Lipinski definition) is 1. The number of carbonyl (C=O) groups excluding carboxylic acids is 1. The highest BCUT2D eigenvalue weighted by atomic mass is 32.1. The van der Waals surface area contributed by atoms with Crippen molar-refractivity contribution < 1.29 is 4.79 Å². The average Bonchev–Trinajstić information content (AvgIpc) is 3.12. The Morgan fingerprint density at radius 3 is 2.68 bits per heavy atom. The monoisotopic (exact) mass is 354 g/mol. The smallest absolute Gasteiger partial charge is 0.226 e. The van der Waals surface area contributed by atoms with E-state index in [1.165, 1.54) is 16.9 Å². The van der Waals surface area contributed by atoms with Crippen molar-refractivity contribution in [2.24, 2.45) is 7.05 Å². The minimum absolute atomic E-state index is 0.0201. The number of nitrogens with one attached hydrogen (secondary N) is 1. The van der Waals surface area contributed by atoms with Gasteiger partial charge in [-0.05, 0) is 38.3 Å². The van der Waals surface area contributed by atoms with Crippen LogP contribution in [0.5, 0.6) is 0 Å². The van der Waals surface area contributed by atoms with Crippen LogP contribution in [0.15, 0.2) is 29.6 Å². The van der Waals surface area contributed by atoms with E-state index in [1.807, 2.05) is 49.2 Å². The first-order valence-corrected chi connectivity index (χ1v) is 9.14. The van der Waals surface area contributed by atoms with Crippen molar-refractivity contribution in [3.05, 3.63) is 52.2 Å². The van der Waals surface area contributed by atoms with Gasteiger partial charge in [-0.25, -0.2) is 4.98 Å². The lowest BCUT2D eigenvalue weighted by Gasteiger charge is -2.03. The maximum Gasteiger partial charge on any atom is 0.226 e. The second-order valence-corrected chi connectivity index (χ2v) is 7.03. The number of nitrogens with zero attached hydrogens (tertiary/aromatic N) is 3. The molecule has 0 spiro atoms. The predicted molar refractivity (Wildman–Crippen MR) is 102 cm³/mol. The average molecular weight is 354 g/mol. The van der Waals surface area contributed by atoms with Crippen LogP contribution in [0.2, 0.25) is 0 Å². The number of anilines is 1. The molecular weight excluding hydrogens is 332 g/mol. The van der Waals surface area contributed by atoms with Gasteiger partial charge < -0.3 is 5.32 Å². The third-order valence-corrected chi connectivity index (χ3v) is 5.19. The molecule has 0 fully saturated rings. The van der Waals surface area contributed by atoms with E-state index in [-0.39, 0.29) is 5.91 Å². The van der Waals surface area contributed by atoms with E-state index in [0.717, 1.165) is 28.2 Å². The van der Waals surface area contributed by atoms with Gasteiger partial charge in [0.1, 0.15) is 0 Å². The molecule has 3 rings (SSSR count). The van der Waals surface area contributed by atoms with Crippen LogP contribution >= 0.6 is 11.3 Å². The van der Waals surface area contributed by atoms with E-state index < -0.39 is 0 Å². The molecule has 0 aliphatic rings. The minimum atomic E-state index is -0.0201. The normalized spacial score (nSPS) is 10.9. The first-order chi connectivity index (χ1) is 12.0. The number of aromatic nitrogens is 3. The maximum atomic E-state index is 12.3. The van der Waals surface area contributed by atoms with Gasteiger partial charge >= 0.3 is 0 Å². The molecule has 0 aliphatic heterocycles. The maximum absolute atomic E-state index is 12.3. The van der Waals surface area contributed by atoms with Crippen LogP contribution < -0.4 is 5.32 Å². The van der Waals surface area contributed by atoms with Gasteiger partial charge in [0.15, 0.2) is 5.13 Å². The fraction of sp³-hybridized carbons (Fsp3) is 0.316. The van der Waals surface area contributed by atoms with Crippen LogP contribution in [-0.2, 0) is 18.3 Å². The quantitative estimate of drug-likeness (QED) is 0.752. The van der Waals surface area contributed by atoms with E-state index in [9.17, 15) is 4.79 Å². The van der Waals surface area contributed by atoms with Gasteiger partial charge in [0.05, 0.1) is 11.4 Å². The van der Waals surface area contributed by atoms with E-state index in [2.05, 4.69) is 28.4 Å². The van der Waals surface area contributed by atoms with Crippen LogP contribution in [0.25, 0.3) is 11.3 Å². The van der Waals surface area contributed by atoms with Gasteiger partial charge in [-0.15, -0.1) is 11.3 Å². The molecule has 0 bridgehead atoms. The zero-order chi connectivity index (χ0) is 18.0. The summed E-state index contributed by atoms with van der Waals surface area (Å²) in [5.41, 5.74) is 6.43. The minimum Gasteiger partial charge on any atom is -0.302 e. The van der Waals surface area contributed by atoms with Crippen LogP contribution in [0.3, 0.4) is 0 Å². The Labute approximate surface area is 151 Å². The molecule has 130 valence electrons. The molecule has 3 aromatic rings. The predicted octanol–water partition coefficient (Wildman–Crippen LogP) is 4.04. The number of amides is 1. The summed E-state index contributed by atoms with van der Waals surface area (Å²) in [4.78, 5) is 16.8. The number of thiazole rings is 1. The topological polar surface area (TPSA) is 59.8 Å². The van der Waals surface area contributed by atoms with Crippen molar-refractivity contribution in [1.29, 1.82) is 0 Å². The summed E-state index contributed by atoms with van der Waals surface area (Å²) in [6, 6.07) is 8.12. The molecule has 0 saturated carbocycles. The van der Waals surface area contributed by atoms with Crippen molar-refractivity contribution >= 4 is 22.4 Å². The summed E-state index contributed by atoms with van der Waals surface area (Å²) in [6.07, 6.45) is 1.11. The van der Waals surface area contributed by atoms with Crippen LogP contribution in [0.1, 0.15) is 28.9 Å². The summed E-state index contributed by atoms with van der Waals surface area (Å²) < 4.78 is 1.86. The standard InChI is InChI=1S/C19H22N4OS/c1-12-7-5-6-8-15(12)17-11-25-19(20-17)21-18(24)10-9-16-13(2)22-23(4)14(16)3/h5-8,11H,9-10H2,1-4H3,(H,20,21,24). The summed E-state index contributed by atoms with van der Waals surface area (Å²) in [6.45, 7) is 6.07. The lowest BCUT2D eigenvalue weighted by atomic mass is 10.1. The molecule has 2 heterocycles. The van der Waals surface area contributed by atoms with E-state index >= 15 is 0 Å². The van der Waals surface area contributed by atoms with Crippen molar-refractivity contribution in [2.75, 3.05) is 5.32 Å². The highest BCUT2D eigenvalue weighted by Gasteiger charge is 2.13. The van der Waals surface area contributed by atoms with Crippen LogP contribution in [-0.4, -0.2) is 20.7 Å². The fourth-order valence-electron chi connectivity index (χ4n) is 2.91. The molecule has 25 heavy (non-hydrogen) atoms. The van der Waals surface area contributed by atoms with Gasteiger partial charge in [0.2, 0.25) is 5.91 Å². The molecule has 0 saturated heterocycles. The van der Waals surface area contributed by atoms with Crippen molar-refractivity contribution in [3.63, 3.8) is 0 Å². The fourth-order valence-corrected chi connectivity index (χ4v) is 3.64. The lowest BCUT2D eigenvalue weighted by molar-refractivity contribution is -0.116. The third-order valence-electron chi connectivity index (χ3n) is 4.43.